The maximum absolute atomic E-state index is 12.2. The van der Waals surface area contributed by atoms with Gasteiger partial charge >= 0.3 is 0 Å². The van der Waals surface area contributed by atoms with Gasteiger partial charge in [-0.2, -0.15) is 0 Å². The molecule has 4 heteroatoms. The molecule has 116 valence electrons. The SMILES string of the molecule is CCCN1CCCC(Nc2ccccc2C)(C(N)=O)CC1. The number of para-hydroxylation sites is 1. The third kappa shape index (κ3) is 3.76. The first-order chi connectivity index (χ1) is 10.1. The molecule has 0 aliphatic carbocycles. The van der Waals surface area contributed by atoms with Crippen molar-refractivity contribution in [1.29, 1.82) is 0 Å². The largest absolute Gasteiger partial charge is 0.371 e. The Bertz CT molecular complexity index is 489. The first-order valence-electron chi connectivity index (χ1n) is 7.93. The quantitative estimate of drug-likeness (QED) is 0.875. The van der Waals surface area contributed by atoms with Crippen molar-refractivity contribution in [2.75, 3.05) is 25.0 Å². The fourth-order valence-corrected chi connectivity index (χ4v) is 3.13. The van der Waals surface area contributed by atoms with E-state index < -0.39 is 5.54 Å². The zero-order valence-electron chi connectivity index (χ0n) is 13.2. The summed E-state index contributed by atoms with van der Waals surface area (Å²) in [6.07, 6.45) is 3.73. The zero-order chi connectivity index (χ0) is 15.3. The first kappa shape index (κ1) is 15.8. The number of nitrogens with one attached hydrogen (secondary N) is 1. The number of benzene rings is 1. The predicted octanol–water partition coefficient (Wildman–Crippen LogP) is 2.53. The Morgan fingerprint density at radius 2 is 2.10 bits per heavy atom. The molecule has 1 aliphatic rings. The van der Waals surface area contributed by atoms with Crippen molar-refractivity contribution >= 4 is 11.6 Å². The minimum Gasteiger partial charge on any atom is -0.371 e. The number of rotatable bonds is 5. The molecule has 1 aliphatic heterocycles. The smallest absolute Gasteiger partial charge is 0.243 e. The van der Waals surface area contributed by atoms with Crippen molar-refractivity contribution in [3.8, 4) is 0 Å². The van der Waals surface area contributed by atoms with Gasteiger partial charge in [-0.05, 0) is 57.3 Å². The predicted molar refractivity (Wildman–Crippen MR) is 87.3 cm³/mol. The third-order valence-corrected chi connectivity index (χ3v) is 4.46. The molecule has 2 rings (SSSR count). The summed E-state index contributed by atoms with van der Waals surface area (Å²) < 4.78 is 0. The van der Waals surface area contributed by atoms with Crippen molar-refractivity contribution in [3.05, 3.63) is 29.8 Å². The molecule has 0 saturated carbocycles. The summed E-state index contributed by atoms with van der Waals surface area (Å²) in [7, 11) is 0. The van der Waals surface area contributed by atoms with Crippen LogP contribution in [0.3, 0.4) is 0 Å². The summed E-state index contributed by atoms with van der Waals surface area (Å²) in [5.41, 5.74) is 7.31. The molecule has 1 amide bonds. The second kappa shape index (κ2) is 6.94. The Hall–Kier alpha value is -1.55. The molecule has 3 N–H and O–H groups in total. The minimum absolute atomic E-state index is 0.232. The molecule has 0 bridgehead atoms. The maximum atomic E-state index is 12.2. The molecule has 1 aromatic rings. The first-order valence-corrected chi connectivity index (χ1v) is 7.93. The van der Waals surface area contributed by atoms with Gasteiger partial charge in [0, 0.05) is 12.2 Å². The van der Waals surface area contributed by atoms with E-state index in [1.54, 1.807) is 0 Å². The third-order valence-electron chi connectivity index (χ3n) is 4.46. The van der Waals surface area contributed by atoms with E-state index in [-0.39, 0.29) is 5.91 Å². The number of carbonyl (C=O) groups is 1. The molecule has 1 heterocycles. The standard InChI is InChI=1S/C17H27N3O/c1-3-11-20-12-6-9-17(10-13-20,16(18)21)19-15-8-5-4-7-14(15)2/h4-5,7-8,19H,3,6,9-13H2,1-2H3,(H2,18,21). The number of aryl methyl sites for hydroxylation is 1. The Morgan fingerprint density at radius 3 is 2.76 bits per heavy atom. The number of primary amides is 1. The zero-order valence-corrected chi connectivity index (χ0v) is 13.2. The lowest BCUT2D eigenvalue weighted by Crippen LogP contribution is -2.51. The number of hydrogen-bond donors (Lipinski definition) is 2. The Balaban J connectivity index is 2.17. The lowest BCUT2D eigenvalue weighted by molar-refractivity contribution is -0.122. The van der Waals surface area contributed by atoms with Crippen LogP contribution in [-0.4, -0.2) is 36.0 Å². The summed E-state index contributed by atoms with van der Waals surface area (Å²) in [6.45, 7) is 7.32. The molecular formula is C17H27N3O. The summed E-state index contributed by atoms with van der Waals surface area (Å²) in [5.74, 6) is -0.232. The van der Waals surface area contributed by atoms with Crippen LogP contribution in [0, 0.1) is 6.92 Å². The molecule has 1 saturated heterocycles. The van der Waals surface area contributed by atoms with E-state index in [1.165, 1.54) is 0 Å². The highest BCUT2D eigenvalue weighted by atomic mass is 16.1. The maximum Gasteiger partial charge on any atom is 0.243 e. The van der Waals surface area contributed by atoms with Gasteiger partial charge in [-0.3, -0.25) is 4.79 Å². The van der Waals surface area contributed by atoms with Gasteiger partial charge in [0.25, 0.3) is 0 Å². The molecule has 1 fully saturated rings. The number of amides is 1. The van der Waals surface area contributed by atoms with Crippen LogP contribution in [0.2, 0.25) is 0 Å². The van der Waals surface area contributed by atoms with Crippen LogP contribution >= 0.6 is 0 Å². The summed E-state index contributed by atoms with van der Waals surface area (Å²) in [5, 5.41) is 3.46. The average molecular weight is 289 g/mol. The highest BCUT2D eigenvalue weighted by Gasteiger charge is 2.38. The van der Waals surface area contributed by atoms with E-state index in [4.69, 9.17) is 5.73 Å². The fraction of sp³-hybridized carbons (Fsp3) is 0.588. The van der Waals surface area contributed by atoms with E-state index >= 15 is 0 Å². The Labute approximate surface area is 127 Å². The number of hydrogen-bond acceptors (Lipinski definition) is 3. The molecule has 0 spiro atoms. The Kier molecular flexibility index (Phi) is 5.23. The van der Waals surface area contributed by atoms with E-state index in [9.17, 15) is 4.79 Å². The van der Waals surface area contributed by atoms with Gasteiger partial charge in [0.2, 0.25) is 5.91 Å². The normalized spacial score (nSPS) is 23.5. The molecule has 0 radical (unpaired) electrons. The monoisotopic (exact) mass is 289 g/mol. The number of carbonyl (C=O) groups excluding carboxylic acids is 1. The lowest BCUT2D eigenvalue weighted by Gasteiger charge is -2.32. The average Bonchev–Trinajstić information content (AvgIpc) is 2.66. The van der Waals surface area contributed by atoms with E-state index in [0.29, 0.717) is 0 Å². The molecule has 0 aromatic heterocycles. The van der Waals surface area contributed by atoms with Gasteiger partial charge in [-0.15, -0.1) is 0 Å². The molecule has 4 nitrogen and oxygen atoms in total. The molecule has 1 atom stereocenters. The van der Waals surface area contributed by atoms with E-state index in [0.717, 1.165) is 56.6 Å². The summed E-state index contributed by atoms with van der Waals surface area (Å²) in [4.78, 5) is 14.6. The molecule has 21 heavy (non-hydrogen) atoms. The van der Waals surface area contributed by atoms with Gasteiger partial charge in [0.05, 0.1) is 0 Å². The number of nitrogens with zero attached hydrogens (tertiary/aromatic N) is 1. The van der Waals surface area contributed by atoms with Crippen LogP contribution in [0.25, 0.3) is 0 Å². The van der Waals surface area contributed by atoms with Gasteiger partial charge in [-0.1, -0.05) is 25.1 Å². The topological polar surface area (TPSA) is 58.4 Å². The second-order valence-corrected chi connectivity index (χ2v) is 6.08. The summed E-state index contributed by atoms with van der Waals surface area (Å²) in [6, 6.07) is 8.07. The van der Waals surface area contributed by atoms with Crippen LogP contribution < -0.4 is 11.1 Å². The van der Waals surface area contributed by atoms with Gasteiger partial charge in [-0.25, -0.2) is 0 Å². The number of likely N-dealkylation sites (tertiary alicyclic amines) is 1. The molecule has 1 unspecified atom stereocenters. The Morgan fingerprint density at radius 1 is 1.33 bits per heavy atom. The highest BCUT2D eigenvalue weighted by Crippen LogP contribution is 2.28. The van der Waals surface area contributed by atoms with Crippen molar-refractivity contribution in [1.82, 2.24) is 4.90 Å². The van der Waals surface area contributed by atoms with Gasteiger partial charge in [0.1, 0.15) is 5.54 Å². The van der Waals surface area contributed by atoms with E-state index in [2.05, 4.69) is 30.1 Å². The number of nitrogens with two attached hydrogens (primary N) is 1. The minimum atomic E-state index is -0.616. The van der Waals surface area contributed by atoms with Crippen LogP contribution in [0.1, 0.15) is 38.2 Å². The van der Waals surface area contributed by atoms with Crippen molar-refractivity contribution < 1.29 is 4.79 Å². The van der Waals surface area contributed by atoms with Crippen LogP contribution in [-0.2, 0) is 4.79 Å². The molecule has 1 aromatic carbocycles. The summed E-state index contributed by atoms with van der Waals surface area (Å²) >= 11 is 0. The van der Waals surface area contributed by atoms with Crippen molar-refractivity contribution in [2.45, 2.75) is 45.1 Å². The van der Waals surface area contributed by atoms with Crippen LogP contribution in [0.15, 0.2) is 24.3 Å². The lowest BCUT2D eigenvalue weighted by atomic mass is 9.89. The fourth-order valence-electron chi connectivity index (χ4n) is 3.13. The van der Waals surface area contributed by atoms with Gasteiger partial charge in [0.15, 0.2) is 0 Å². The number of anilines is 1. The van der Waals surface area contributed by atoms with Crippen LogP contribution in [0.4, 0.5) is 5.69 Å². The second-order valence-electron chi connectivity index (χ2n) is 6.08. The highest BCUT2D eigenvalue weighted by molar-refractivity contribution is 5.88. The van der Waals surface area contributed by atoms with Crippen LogP contribution in [0.5, 0.6) is 0 Å². The van der Waals surface area contributed by atoms with E-state index in [1.807, 2.05) is 18.2 Å². The van der Waals surface area contributed by atoms with Gasteiger partial charge < -0.3 is 16.0 Å². The molecular weight excluding hydrogens is 262 g/mol. The van der Waals surface area contributed by atoms with Crippen molar-refractivity contribution in [2.24, 2.45) is 5.73 Å². The van der Waals surface area contributed by atoms with Crippen molar-refractivity contribution in [3.63, 3.8) is 0 Å².